The Morgan fingerprint density at radius 2 is 2.12 bits per heavy atom. The summed E-state index contributed by atoms with van der Waals surface area (Å²) in [6.45, 7) is 0. The molecule has 0 radical (unpaired) electrons. The molecule has 1 aromatic rings. The van der Waals surface area contributed by atoms with E-state index in [1.807, 2.05) is 0 Å². The highest BCUT2D eigenvalue weighted by Gasteiger charge is 2.20. The van der Waals surface area contributed by atoms with Gasteiger partial charge < -0.3 is 10.2 Å². The first kappa shape index (κ1) is 12.8. The van der Waals surface area contributed by atoms with Gasteiger partial charge in [-0.25, -0.2) is 0 Å². The molecule has 0 saturated heterocycles. The van der Waals surface area contributed by atoms with Crippen LogP contribution >= 0.6 is 11.6 Å². The van der Waals surface area contributed by atoms with Crippen molar-refractivity contribution < 1.29 is 15.0 Å². The molecule has 16 heavy (non-hydrogen) atoms. The first-order valence-corrected chi connectivity index (χ1v) is 5.16. The van der Waals surface area contributed by atoms with Gasteiger partial charge in [0.25, 0.3) is 0 Å². The minimum absolute atomic E-state index is 0.00199. The zero-order valence-electron chi connectivity index (χ0n) is 9.14. The lowest BCUT2D eigenvalue weighted by molar-refractivity contribution is -0.142. The van der Waals surface area contributed by atoms with E-state index in [2.05, 4.69) is 0 Å². The second kappa shape index (κ2) is 5.18. The van der Waals surface area contributed by atoms with Gasteiger partial charge in [-0.3, -0.25) is 9.69 Å². The van der Waals surface area contributed by atoms with Gasteiger partial charge in [0.2, 0.25) is 0 Å². The third kappa shape index (κ3) is 3.12. The van der Waals surface area contributed by atoms with Crippen LogP contribution in [-0.4, -0.2) is 41.2 Å². The number of carbonyl (C=O) groups is 1. The summed E-state index contributed by atoms with van der Waals surface area (Å²) < 4.78 is 0. The number of aromatic hydroxyl groups is 1. The highest BCUT2D eigenvalue weighted by molar-refractivity contribution is 6.32. The molecule has 0 bridgehead atoms. The van der Waals surface area contributed by atoms with Crippen LogP contribution in [0.15, 0.2) is 18.2 Å². The number of hydrogen-bond donors (Lipinski definition) is 2. The lowest BCUT2D eigenvalue weighted by Gasteiger charge is -2.20. The summed E-state index contributed by atoms with van der Waals surface area (Å²) in [6, 6.07) is 4.11. The van der Waals surface area contributed by atoms with Crippen LogP contribution in [0, 0.1) is 0 Å². The lowest BCUT2D eigenvalue weighted by Crippen LogP contribution is -2.37. The number of carboxylic acid groups (broad SMARTS) is 1. The number of carboxylic acids is 1. The van der Waals surface area contributed by atoms with Gasteiger partial charge in [0.1, 0.15) is 11.8 Å². The first-order chi connectivity index (χ1) is 7.41. The van der Waals surface area contributed by atoms with E-state index >= 15 is 0 Å². The summed E-state index contributed by atoms with van der Waals surface area (Å²) in [4.78, 5) is 12.6. The van der Waals surface area contributed by atoms with Gasteiger partial charge in [-0.15, -0.1) is 0 Å². The molecule has 1 aromatic carbocycles. The quantitative estimate of drug-likeness (QED) is 0.843. The van der Waals surface area contributed by atoms with E-state index in [1.165, 1.54) is 6.07 Å². The van der Waals surface area contributed by atoms with Crippen molar-refractivity contribution in [1.29, 1.82) is 0 Å². The van der Waals surface area contributed by atoms with E-state index in [0.29, 0.717) is 6.42 Å². The van der Waals surface area contributed by atoms with E-state index in [0.717, 1.165) is 5.56 Å². The maximum atomic E-state index is 11.0. The first-order valence-electron chi connectivity index (χ1n) is 4.78. The number of benzene rings is 1. The molecular formula is C11H14ClNO3. The molecule has 0 amide bonds. The van der Waals surface area contributed by atoms with Gasteiger partial charge >= 0.3 is 5.97 Å². The molecular weight excluding hydrogens is 230 g/mol. The number of nitrogens with zero attached hydrogens (tertiary/aromatic N) is 1. The van der Waals surface area contributed by atoms with Gasteiger partial charge in [-0.2, -0.15) is 0 Å². The molecule has 1 atom stereocenters. The molecule has 88 valence electrons. The van der Waals surface area contributed by atoms with Gasteiger partial charge in [0.05, 0.1) is 5.02 Å². The van der Waals surface area contributed by atoms with E-state index < -0.39 is 12.0 Å². The summed E-state index contributed by atoms with van der Waals surface area (Å²) in [5, 5.41) is 18.5. The molecule has 4 nitrogen and oxygen atoms in total. The largest absolute Gasteiger partial charge is 0.506 e. The molecule has 0 aromatic heterocycles. The minimum Gasteiger partial charge on any atom is -0.506 e. The van der Waals surface area contributed by atoms with Crippen LogP contribution in [0.1, 0.15) is 5.56 Å². The summed E-state index contributed by atoms with van der Waals surface area (Å²) in [7, 11) is 3.42. The summed E-state index contributed by atoms with van der Waals surface area (Å²) in [6.07, 6.45) is 0.350. The fourth-order valence-corrected chi connectivity index (χ4v) is 1.59. The van der Waals surface area contributed by atoms with E-state index in [9.17, 15) is 9.90 Å². The number of rotatable bonds is 4. The SMILES string of the molecule is CN(C)[C@@H](Cc1ccc(O)c(Cl)c1)C(=O)O. The van der Waals surface area contributed by atoms with Crippen molar-refractivity contribution in [1.82, 2.24) is 4.90 Å². The molecule has 0 aliphatic carbocycles. The Hall–Kier alpha value is -1.26. The van der Waals surface area contributed by atoms with Gasteiger partial charge in [0, 0.05) is 0 Å². The molecule has 0 aliphatic rings. The minimum atomic E-state index is -0.880. The second-order valence-electron chi connectivity index (χ2n) is 3.81. The van der Waals surface area contributed by atoms with Crippen LogP contribution in [0.25, 0.3) is 0 Å². The predicted molar refractivity (Wildman–Crippen MR) is 61.9 cm³/mol. The Bertz CT molecular complexity index is 393. The van der Waals surface area contributed by atoms with Gasteiger partial charge in [-0.05, 0) is 38.2 Å². The highest BCUT2D eigenvalue weighted by Crippen LogP contribution is 2.24. The van der Waals surface area contributed by atoms with Crippen molar-refractivity contribution in [2.24, 2.45) is 0 Å². The van der Waals surface area contributed by atoms with Crippen molar-refractivity contribution in [3.8, 4) is 5.75 Å². The molecule has 0 unspecified atom stereocenters. The van der Waals surface area contributed by atoms with E-state index in [-0.39, 0.29) is 10.8 Å². The van der Waals surface area contributed by atoms with Crippen LogP contribution in [0.3, 0.4) is 0 Å². The van der Waals surface area contributed by atoms with Gasteiger partial charge in [0.15, 0.2) is 0 Å². The molecule has 2 N–H and O–H groups in total. The zero-order chi connectivity index (χ0) is 12.3. The third-order valence-electron chi connectivity index (χ3n) is 2.35. The summed E-state index contributed by atoms with van der Waals surface area (Å²) in [5.41, 5.74) is 0.781. The second-order valence-corrected chi connectivity index (χ2v) is 4.21. The maximum absolute atomic E-state index is 11.0. The Labute approximate surface area is 99.1 Å². The van der Waals surface area contributed by atoms with Crippen LogP contribution in [0.4, 0.5) is 0 Å². The average molecular weight is 244 g/mol. The normalized spacial score (nSPS) is 12.8. The number of halogens is 1. The van der Waals surface area contributed by atoms with Crippen molar-refractivity contribution in [2.75, 3.05) is 14.1 Å². The fraction of sp³-hybridized carbons (Fsp3) is 0.364. The number of aliphatic carboxylic acids is 1. The van der Waals surface area contributed by atoms with Crippen LogP contribution in [0.5, 0.6) is 5.75 Å². The average Bonchev–Trinajstić information content (AvgIpc) is 2.18. The Morgan fingerprint density at radius 3 is 2.56 bits per heavy atom. The molecule has 0 spiro atoms. The Kier molecular flexibility index (Phi) is 4.15. The third-order valence-corrected chi connectivity index (χ3v) is 2.65. The molecule has 5 heteroatoms. The summed E-state index contributed by atoms with van der Waals surface area (Å²) in [5.74, 6) is -0.878. The number of phenols is 1. The van der Waals surface area contributed by atoms with E-state index in [1.54, 1.807) is 31.1 Å². The number of phenolic OH excluding ortho intramolecular Hbond substituents is 1. The lowest BCUT2D eigenvalue weighted by atomic mass is 10.1. The Balaban J connectivity index is 2.86. The van der Waals surface area contributed by atoms with Crippen molar-refractivity contribution >= 4 is 17.6 Å². The smallest absolute Gasteiger partial charge is 0.321 e. The summed E-state index contributed by atoms with van der Waals surface area (Å²) >= 11 is 5.75. The Morgan fingerprint density at radius 1 is 1.50 bits per heavy atom. The zero-order valence-corrected chi connectivity index (χ0v) is 9.90. The molecule has 0 aliphatic heterocycles. The fourth-order valence-electron chi connectivity index (χ4n) is 1.39. The van der Waals surface area contributed by atoms with Crippen molar-refractivity contribution in [3.63, 3.8) is 0 Å². The van der Waals surface area contributed by atoms with Crippen molar-refractivity contribution in [3.05, 3.63) is 28.8 Å². The van der Waals surface area contributed by atoms with Gasteiger partial charge in [-0.1, -0.05) is 17.7 Å². The highest BCUT2D eigenvalue weighted by atomic mass is 35.5. The van der Waals surface area contributed by atoms with Crippen LogP contribution in [-0.2, 0) is 11.2 Å². The topological polar surface area (TPSA) is 60.8 Å². The van der Waals surface area contributed by atoms with E-state index in [4.69, 9.17) is 16.7 Å². The molecule has 0 saturated carbocycles. The number of hydrogen-bond acceptors (Lipinski definition) is 3. The maximum Gasteiger partial charge on any atom is 0.321 e. The number of likely N-dealkylation sites (N-methyl/N-ethyl adjacent to an activating group) is 1. The molecule has 0 heterocycles. The predicted octanol–water partition coefficient (Wildman–Crippen LogP) is 1.60. The standard InChI is InChI=1S/C11H14ClNO3/c1-13(2)9(11(15)16)6-7-3-4-10(14)8(12)5-7/h3-5,9,14H,6H2,1-2H3,(H,15,16)/t9-/m0/s1. The monoisotopic (exact) mass is 243 g/mol. The molecule has 1 rings (SSSR count). The van der Waals surface area contributed by atoms with Crippen LogP contribution in [0.2, 0.25) is 5.02 Å². The van der Waals surface area contributed by atoms with Crippen LogP contribution < -0.4 is 0 Å². The molecule has 0 fully saturated rings. The van der Waals surface area contributed by atoms with Crippen molar-refractivity contribution in [2.45, 2.75) is 12.5 Å².